The number of carbonyl (C=O) groups excluding carboxylic acids is 3. The molecule has 2 amide bonds. The maximum absolute atomic E-state index is 12.4. The molecule has 0 aromatic carbocycles. The molecule has 6 N–H and O–H groups in total. The molecular weight excluding hydrogens is 526 g/mol. The lowest BCUT2D eigenvalue weighted by molar-refractivity contribution is -0.121. The molecule has 0 bridgehead atoms. The number of fused-ring (bicyclic) bond motifs is 1. The van der Waals surface area contributed by atoms with Crippen molar-refractivity contribution in [1.29, 1.82) is 0 Å². The molecule has 14 nitrogen and oxygen atoms in total. The number of hydrogen-bond acceptors (Lipinski definition) is 12. The lowest BCUT2D eigenvalue weighted by atomic mass is 10.2. The molecule has 1 fully saturated rings. The van der Waals surface area contributed by atoms with E-state index in [1.54, 1.807) is 21.6 Å². The normalized spacial score (nSPS) is 19.1. The first-order valence-electron chi connectivity index (χ1n) is 11.7. The van der Waals surface area contributed by atoms with Crippen molar-refractivity contribution in [2.45, 2.75) is 51.0 Å². The first-order valence-corrected chi connectivity index (χ1v) is 14.2. The summed E-state index contributed by atoms with van der Waals surface area (Å²) in [7, 11) is 3.17. The summed E-state index contributed by atoms with van der Waals surface area (Å²) in [5, 5.41) is 14.9. The number of Topliss-reactive ketones (excluding diaryl/α,β-unsaturated/α-hetero) is 1. The fourth-order valence-corrected chi connectivity index (χ4v) is 5.56. The smallest absolute Gasteiger partial charge is 0.407 e. The number of anilines is 1. The number of nitrogens with zero attached hydrogens (tertiary/aromatic N) is 3. The molecule has 1 aliphatic heterocycles. The van der Waals surface area contributed by atoms with Crippen molar-refractivity contribution in [3.63, 3.8) is 0 Å². The number of aromatic nitrogens is 4. The van der Waals surface area contributed by atoms with Crippen molar-refractivity contribution in [3.8, 4) is 0 Å². The number of aromatic amines is 1. The lowest BCUT2D eigenvalue weighted by Gasteiger charge is -2.20. The third-order valence-electron chi connectivity index (χ3n) is 5.30. The first kappa shape index (κ1) is 28.7. The number of nitrogen functional groups attached to an aromatic ring is 1. The first-order chi connectivity index (χ1) is 17.8. The highest BCUT2D eigenvalue weighted by molar-refractivity contribution is 8.76. The maximum Gasteiger partial charge on any atom is 0.407 e. The minimum Gasteiger partial charge on any atom is -0.441 e. The summed E-state index contributed by atoms with van der Waals surface area (Å²) >= 11 is 0. The molecule has 204 valence electrons. The van der Waals surface area contributed by atoms with Crippen LogP contribution in [0.15, 0.2) is 11.1 Å². The maximum atomic E-state index is 12.4. The van der Waals surface area contributed by atoms with Crippen LogP contribution in [0.3, 0.4) is 0 Å². The number of alkyl carbamates (subject to hydrolysis) is 1. The number of ether oxygens (including phenoxy) is 2. The molecule has 0 spiro atoms. The predicted molar refractivity (Wildman–Crippen MR) is 139 cm³/mol. The molecule has 2 aromatic heterocycles. The average Bonchev–Trinajstić information content (AvgIpc) is 3.44. The van der Waals surface area contributed by atoms with Crippen LogP contribution in [-0.2, 0) is 19.1 Å². The van der Waals surface area contributed by atoms with E-state index in [0.717, 1.165) is 5.75 Å². The SMILES string of the molecule is CC(=O)CCNC(=O)CCCSSCCNC(=O)O[C@@H]1CC(CO)O[C@H]1n1cnc2c(=O)[nH]c(N)nc21. The third-order valence-corrected chi connectivity index (χ3v) is 7.79. The Labute approximate surface area is 220 Å². The van der Waals surface area contributed by atoms with E-state index in [1.165, 1.54) is 17.8 Å². The van der Waals surface area contributed by atoms with E-state index in [2.05, 4.69) is 25.6 Å². The van der Waals surface area contributed by atoms with Gasteiger partial charge in [-0.05, 0) is 13.3 Å². The molecule has 1 saturated heterocycles. The molecule has 37 heavy (non-hydrogen) atoms. The second-order valence-corrected chi connectivity index (χ2v) is 11.0. The van der Waals surface area contributed by atoms with Crippen molar-refractivity contribution in [3.05, 3.63) is 16.7 Å². The van der Waals surface area contributed by atoms with Crippen molar-refractivity contribution in [1.82, 2.24) is 30.2 Å². The van der Waals surface area contributed by atoms with E-state index < -0.39 is 30.1 Å². The Hall–Kier alpha value is -2.82. The second-order valence-electron chi connectivity index (χ2n) is 8.26. The molecule has 3 atom stereocenters. The van der Waals surface area contributed by atoms with E-state index in [1.807, 2.05) is 0 Å². The largest absolute Gasteiger partial charge is 0.441 e. The number of aliphatic hydroxyl groups is 1. The van der Waals surface area contributed by atoms with E-state index in [9.17, 15) is 24.3 Å². The molecule has 0 aliphatic carbocycles. The summed E-state index contributed by atoms with van der Waals surface area (Å²) in [5.74, 6) is 1.30. The van der Waals surface area contributed by atoms with Gasteiger partial charge in [0.25, 0.3) is 5.56 Å². The van der Waals surface area contributed by atoms with Crippen molar-refractivity contribution >= 4 is 56.5 Å². The summed E-state index contributed by atoms with van der Waals surface area (Å²) in [6.45, 7) is 1.96. The predicted octanol–water partition coefficient (Wildman–Crippen LogP) is 0.333. The van der Waals surface area contributed by atoms with Crippen LogP contribution in [0.4, 0.5) is 10.7 Å². The Bertz CT molecular complexity index is 1140. The summed E-state index contributed by atoms with van der Waals surface area (Å²) in [6, 6.07) is 0. The number of ketones is 1. The standard InChI is InChI=1S/C21H31N7O7S2/c1-12(30)4-5-23-15(31)3-2-7-36-37-8-6-24-21(33)35-14-9-13(10-29)34-19(14)28-11-25-16-17(28)26-20(22)27-18(16)32/h11,13-14,19,29H,2-10H2,1H3,(H,23,31)(H,24,33)(H3,22,26,27,32)/t13?,14-,19-/m1/s1. The van der Waals surface area contributed by atoms with Gasteiger partial charge in [-0.15, -0.1) is 0 Å². The molecule has 16 heteroatoms. The van der Waals surface area contributed by atoms with Crippen molar-refractivity contribution in [2.24, 2.45) is 0 Å². The molecule has 2 aromatic rings. The Balaban J connectivity index is 1.38. The highest BCUT2D eigenvalue weighted by atomic mass is 33.1. The number of aliphatic hydroxyl groups excluding tert-OH is 1. The fraction of sp³-hybridized carbons (Fsp3) is 0.619. The number of amides is 2. The topological polar surface area (TPSA) is 204 Å². The summed E-state index contributed by atoms with van der Waals surface area (Å²) in [6.07, 6.45) is 0.265. The molecule has 3 rings (SSSR count). The van der Waals surface area contributed by atoms with Gasteiger partial charge in [-0.3, -0.25) is 23.9 Å². The van der Waals surface area contributed by atoms with Gasteiger partial charge in [0.05, 0.1) is 19.0 Å². The molecule has 0 radical (unpaired) electrons. The van der Waals surface area contributed by atoms with Gasteiger partial charge in [-0.2, -0.15) is 4.98 Å². The molecular formula is C21H31N7O7S2. The van der Waals surface area contributed by atoms with Gasteiger partial charge >= 0.3 is 6.09 Å². The Morgan fingerprint density at radius 3 is 2.81 bits per heavy atom. The van der Waals surface area contributed by atoms with Gasteiger partial charge in [0.1, 0.15) is 5.78 Å². The van der Waals surface area contributed by atoms with Crippen LogP contribution >= 0.6 is 21.6 Å². The van der Waals surface area contributed by atoms with Crippen molar-refractivity contribution in [2.75, 3.05) is 36.9 Å². The lowest BCUT2D eigenvalue weighted by Crippen LogP contribution is -2.33. The quantitative estimate of drug-likeness (QED) is 0.157. The van der Waals surface area contributed by atoms with Gasteiger partial charge in [-0.25, -0.2) is 9.78 Å². The minimum atomic E-state index is -0.841. The number of carbonyl (C=O) groups is 3. The highest BCUT2D eigenvalue weighted by Crippen LogP contribution is 2.32. The van der Waals surface area contributed by atoms with E-state index in [0.29, 0.717) is 38.1 Å². The number of nitrogens with two attached hydrogens (primary N) is 1. The zero-order chi connectivity index (χ0) is 26.8. The minimum absolute atomic E-state index is 0.0445. The Morgan fingerprint density at radius 2 is 2.05 bits per heavy atom. The van der Waals surface area contributed by atoms with Crippen LogP contribution in [0.2, 0.25) is 0 Å². The van der Waals surface area contributed by atoms with Crippen LogP contribution in [0.5, 0.6) is 0 Å². The number of H-pyrrole nitrogens is 1. The average molecular weight is 558 g/mol. The second kappa shape index (κ2) is 14.2. The number of hydrogen-bond donors (Lipinski definition) is 5. The van der Waals surface area contributed by atoms with Gasteiger partial charge in [0.2, 0.25) is 11.9 Å². The molecule has 0 saturated carbocycles. The number of rotatable bonds is 14. The van der Waals surface area contributed by atoms with Gasteiger partial charge in [0.15, 0.2) is 23.5 Å². The highest BCUT2D eigenvalue weighted by Gasteiger charge is 2.40. The zero-order valence-corrected chi connectivity index (χ0v) is 21.9. The zero-order valence-electron chi connectivity index (χ0n) is 20.3. The summed E-state index contributed by atoms with van der Waals surface area (Å²) < 4.78 is 12.8. The van der Waals surface area contributed by atoms with E-state index >= 15 is 0 Å². The van der Waals surface area contributed by atoms with Crippen LogP contribution in [0.25, 0.3) is 11.2 Å². The van der Waals surface area contributed by atoms with Crippen molar-refractivity contribution < 1.29 is 29.0 Å². The van der Waals surface area contributed by atoms with Crippen LogP contribution in [0.1, 0.15) is 38.8 Å². The molecule has 1 unspecified atom stereocenters. The Morgan fingerprint density at radius 1 is 1.27 bits per heavy atom. The monoisotopic (exact) mass is 557 g/mol. The summed E-state index contributed by atoms with van der Waals surface area (Å²) in [5.41, 5.74) is 5.39. The van der Waals surface area contributed by atoms with Gasteiger partial charge in [-0.1, -0.05) is 21.6 Å². The van der Waals surface area contributed by atoms with Crippen LogP contribution in [0, 0.1) is 0 Å². The molecule has 3 heterocycles. The summed E-state index contributed by atoms with van der Waals surface area (Å²) in [4.78, 5) is 57.5. The van der Waals surface area contributed by atoms with E-state index in [4.69, 9.17) is 15.2 Å². The van der Waals surface area contributed by atoms with Gasteiger partial charge < -0.3 is 30.9 Å². The fourth-order valence-electron chi connectivity index (χ4n) is 3.56. The Kier molecular flexibility index (Phi) is 11.0. The van der Waals surface area contributed by atoms with Crippen LogP contribution in [-0.4, -0.2) is 85.8 Å². The number of imidazole rings is 1. The number of nitrogens with one attached hydrogen (secondary N) is 3. The third kappa shape index (κ3) is 8.62. The van der Waals surface area contributed by atoms with Gasteiger partial charge in [0, 0.05) is 43.9 Å². The molecule has 1 aliphatic rings. The van der Waals surface area contributed by atoms with Crippen LogP contribution < -0.4 is 21.9 Å². The van der Waals surface area contributed by atoms with E-state index in [-0.39, 0.29) is 41.8 Å².